The average Bonchev–Trinajstić information content (AvgIpc) is 2.83. The Morgan fingerprint density at radius 1 is 1.33 bits per heavy atom. The number of aromatic nitrogens is 2. The fourth-order valence-corrected chi connectivity index (χ4v) is 2.74. The van der Waals surface area contributed by atoms with Crippen LogP contribution in [-0.4, -0.2) is 35.6 Å². The van der Waals surface area contributed by atoms with Crippen LogP contribution in [0.4, 0.5) is 0 Å². The quantitative estimate of drug-likeness (QED) is 0.798. The van der Waals surface area contributed by atoms with Gasteiger partial charge in [0.2, 0.25) is 0 Å². The molecule has 0 saturated heterocycles. The molecule has 0 aliphatic rings. The Balaban J connectivity index is 2.85. The maximum atomic E-state index is 5.80. The van der Waals surface area contributed by atoms with Crippen molar-refractivity contribution in [3.8, 4) is 0 Å². The number of hydrogen-bond donors (Lipinski definition) is 1. The highest BCUT2D eigenvalue weighted by Gasteiger charge is 2.32. The van der Waals surface area contributed by atoms with Gasteiger partial charge in [0, 0.05) is 31.8 Å². The molecule has 0 spiro atoms. The van der Waals surface area contributed by atoms with Crippen LogP contribution in [-0.2, 0) is 11.2 Å². The largest absolute Gasteiger partial charge is 0.379 e. The van der Waals surface area contributed by atoms with E-state index in [2.05, 4.69) is 64.2 Å². The molecule has 21 heavy (non-hydrogen) atoms. The summed E-state index contributed by atoms with van der Waals surface area (Å²) in [6.07, 6.45) is 4.25. The van der Waals surface area contributed by atoms with Crippen LogP contribution in [0.3, 0.4) is 0 Å². The van der Waals surface area contributed by atoms with Crippen LogP contribution in [0, 0.1) is 5.41 Å². The summed E-state index contributed by atoms with van der Waals surface area (Å²) < 4.78 is 7.82. The van der Waals surface area contributed by atoms with Crippen molar-refractivity contribution < 1.29 is 4.74 Å². The van der Waals surface area contributed by atoms with E-state index < -0.39 is 0 Å². The number of hydrogen-bond acceptors (Lipinski definition) is 3. The van der Waals surface area contributed by atoms with Crippen molar-refractivity contribution in [2.45, 2.75) is 72.6 Å². The molecule has 4 nitrogen and oxygen atoms in total. The van der Waals surface area contributed by atoms with Crippen LogP contribution < -0.4 is 5.32 Å². The summed E-state index contributed by atoms with van der Waals surface area (Å²) >= 11 is 0. The highest BCUT2D eigenvalue weighted by atomic mass is 16.5. The van der Waals surface area contributed by atoms with E-state index in [1.165, 1.54) is 0 Å². The number of nitrogens with one attached hydrogen (secondary N) is 1. The molecular formula is C17H33N3O. The summed E-state index contributed by atoms with van der Waals surface area (Å²) in [5, 5.41) is 8.32. The minimum absolute atomic E-state index is 0.0980. The third kappa shape index (κ3) is 5.44. The lowest BCUT2D eigenvalue weighted by atomic mass is 9.83. The maximum absolute atomic E-state index is 5.80. The summed E-state index contributed by atoms with van der Waals surface area (Å²) in [6.45, 7) is 14.2. The molecule has 2 atom stereocenters. The van der Waals surface area contributed by atoms with Crippen LogP contribution in [0.5, 0.6) is 0 Å². The van der Waals surface area contributed by atoms with Crippen molar-refractivity contribution in [1.29, 1.82) is 0 Å². The summed E-state index contributed by atoms with van der Waals surface area (Å²) in [7, 11) is 1.81. The Morgan fingerprint density at radius 3 is 2.43 bits per heavy atom. The van der Waals surface area contributed by atoms with Crippen molar-refractivity contribution in [2.75, 3.05) is 13.7 Å². The monoisotopic (exact) mass is 295 g/mol. The van der Waals surface area contributed by atoms with Crippen molar-refractivity contribution >= 4 is 0 Å². The first-order valence-electron chi connectivity index (χ1n) is 8.09. The van der Waals surface area contributed by atoms with Crippen LogP contribution in [0.2, 0.25) is 0 Å². The van der Waals surface area contributed by atoms with E-state index in [0.717, 1.165) is 25.1 Å². The minimum Gasteiger partial charge on any atom is -0.379 e. The Morgan fingerprint density at radius 2 is 2.00 bits per heavy atom. The molecular weight excluding hydrogens is 262 g/mol. The molecule has 1 heterocycles. The minimum atomic E-state index is 0.0980. The molecule has 0 radical (unpaired) electrons. The van der Waals surface area contributed by atoms with Gasteiger partial charge < -0.3 is 10.1 Å². The molecule has 0 amide bonds. The van der Waals surface area contributed by atoms with E-state index in [1.807, 2.05) is 11.8 Å². The molecule has 0 bridgehead atoms. The van der Waals surface area contributed by atoms with Gasteiger partial charge in [0.15, 0.2) is 0 Å². The predicted molar refractivity (Wildman–Crippen MR) is 88.6 cm³/mol. The van der Waals surface area contributed by atoms with Gasteiger partial charge in [0.1, 0.15) is 0 Å². The van der Waals surface area contributed by atoms with Gasteiger partial charge in [-0.1, -0.05) is 27.7 Å². The lowest BCUT2D eigenvalue weighted by Crippen LogP contribution is -2.49. The van der Waals surface area contributed by atoms with Gasteiger partial charge in [-0.2, -0.15) is 5.10 Å². The Kier molecular flexibility index (Phi) is 6.88. The van der Waals surface area contributed by atoms with Crippen molar-refractivity contribution in [1.82, 2.24) is 15.1 Å². The number of methoxy groups -OCH3 is 1. The van der Waals surface area contributed by atoms with Gasteiger partial charge in [0.25, 0.3) is 0 Å². The molecule has 1 aromatic rings. The van der Waals surface area contributed by atoms with Gasteiger partial charge in [-0.25, -0.2) is 0 Å². The SMILES string of the molecule is CCCNC(Cc1ccn(C(C)C)n1)C(OC)C(C)(C)C. The topological polar surface area (TPSA) is 39.1 Å². The summed E-state index contributed by atoms with van der Waals surface area (Å²) in [4.78, 5) is 0. The standard InChI is InChI=1S/C17H33N3O/c1-8-10-18-15(16(21-7)17(4,5)6)12-14-9-11-20(19-14)13(2)3/h9,11,13,15-16,18H,8,10,12H2,1-7H3. The first-order chi connectivity index (χ1) is 9.79. The fraction of sp³-hybridized carbons (Fsp3) is 0.824. The summed E-state index contributed by atoms with van der Waals surface area (Å²) in [5.41, 5.74) is 1.23. The zero-order valence-electron chi connectivity index (χ0n) is 14.8. The Labute approximate surface area is 130 Å². The zero-order chi connectivity index (χ0) is 16.0. The highest BCUT2D eigenvalue weighted by molar-refractivity contribution is 5.04. The Bertz CT molecular complexity index is 406. The lowest BCUT2D eigenvalue weighted by molar-refractivity contribution is -0.0112. The third-order valence-corrected chi connectivity index (χ3v) is 3.75. The molecule has 1 aromatic heterocycles. The molecule has 0 saturated carbocycles. The molecule has 1 N–H and O–H groups in total. The van der Waals surface area contributed by atoms with Gasteiger partial charge in [-0.15, -0.1) is 0 Å². The molecule has 0 aliphatic carbocycles. The number of ether oxygens (including phenoxy) is 1. The van der Waals surface area contributed by atoms with Gasteiger partial charge in [-0.3, -0.25) is 4.68 Å². The van der Waals surface area contributed by atoms with E-state index >= 15 is 0 Å². The van der Waals surface area contributed by atoms with Crippen molar-refractivity contribution in [3.63, 3.8) is 0 Å². The smallest absolute Gasteiger partial charge is 0.0776 e. The van der Waals surface area contributed by atoms with Crippen LogP contribution in [0.1, 0.15) is 59.7 Å². The first kappa shape index (κ1) is 18.2. The van der Waals surface area contributed by atoms with Crippen molar-refractivity contribution in [2.24, 2.45) is 5.41 Å². The normalized spacial score (nSPS) is 15.4. The van der Waals surface area contributed by atoms with Crippen LogP contribution in [0.25, 0.3) is 0 Å². The zero-order valence-corrected chi connectivity index (χ0v) is 14.8. The third-order valence-electron chi connectivity index (χ3n) is 3.75. The average molecular weight is 295 g/mol. The lowest BCUT2D eigenvalue weighted by Gasteiger charge is -2.36. The van der Waals surface area contributed by atoms with Crippen LogP contribution >= 0.6 is 0 Å². The predicted octanol–water partition coefficient (Wildman–Crippen LogP) is 3.44. The fourth-order valence-electron chi connectivity index (χ4n) is 2.74. The molecule has 0 aliphatic heterocycles. The molecule has 1 rings (SSSR count). The number of nitrogens with zero attached hydrogens (tertiary/aromatic N) is 2. The second kappa shape index (κ2) is 7.95. The van der Waals surface area contributed by atoms with Gasteiger partial charge in [0.05, 0.1) is 11.8 Å². The van der Waals surface area contributed by atoms with E-state index in [0.29, 0.717) is 6.04 Å². The molecule has 122 valence electrons. The van der Waals surface area contributed by atoms with E-state index in [1.54, 1.807) is 0 Å². The molecule has 0 aromatic carbocycles. The molecule has 0 fully saturated rings. The van der Waals surface area contributed by atoms with E-state index in [9.17, 15) is 0 Å². The van der Waals surface area contributed by atoms with Gasteiger partial charge >= 0.3 is 0 Å². The number of rotatable bonds is 8. The highest BCUT2D eigenvalue weighted by Crippen LogP contribution is 2.26. The van der Waals surface area contributed by atoms with Crippen LogP contribution in [0.15, 0.2) is 12.3 Å². The second-order valence-corrected chi connectivity index (χ2v) is 7.17. The Hall–Kier alpha value is -0.870. The molecule has 4 heteroatoms. The first-order valence-corrected chi connectivity index (χ1v) is 8.09. The summed E-state index contributed by atoms with van der Waals surface area (Å²) in [5.74, 6) is 0. The van der Waals surface area contributed by atoms with Crippen molar-refractivity contribution in [3.05, 3.63) is 18.0 Å². The maximum Gasteiger partial charge on any atom is 0.0776 e. The van der Waals surface area contributed by atoms with E-state index in [4.69, 9.17) is 4.74 Å². The van der Waals surface area contributed by atoms with Gasteiger partial charge in [-0.05, 0) is 38.3 Å². The molecule has 2 unspecified atom stereocenters. The van der Waals surface area contributed by atoms with E-state index in [-0.39, 0.29) is 17.6 Å². The second-order valence-electron chi connectivity index (χ2n) is 7.17. The summed E-state index contributed by atoms with van der Waals surface area (Å²) in [6, 6.07) is 2.81.